The van der Waals surface area contributed by atoms with Crippen LogP contribution in [0, 0.1) is 17.3 Å². The third kappa shape index (κ3) is 5.21. The molecular formula is C25H36O3S. The first-order valence-electron chi connectivity index (χ1n) is 10.9. The van der Waals surface area contributed by atoms with Gasteiger partial charge in [0, 0.05) is 11.7 Å². The molecule has 2 fully saturated rings. The standard InChI is InChI=1S/C25H36O3S/c1-18-9-12-22(26)17-21(18)11-10-20-8-5-15-25(3)23(13-14-24(20)25)19(2)7-6-16-29(4,27)28/h6,10-11,13,16,19,22,24,26H,1,5,7-9,12,14-15,17H2,2-4H3/b16-6+,20-10+,21-11-/t19?,22-,24-,25+/m0/s1. The molecular weight excluding hydrogens is 380 g/mol. The molecule has 0 aromatic rings. The molecule has 3 aliphatic rings. The molecule has 0 bridgehead atoms. The van der Waals surface area contributed by atoms with E-state index in [0.29, 0.717) is 11.8 Å². The number of allylic oxidation sites excluding steroid dienone is 7. The molecule has 3 rings (SSSR count). The van der Waals surface area contributed by atoms with Crippen molar-refractivity contribution in [2.75, 3.05) is 6.26 Å². The normalized spacial score (nSPS) is 34.6. The Morgan fingerprint density at radius 1 is 1.34 bits per heavy atom. The Morgan fingerprint density at radius 2 is 2.10 bits per heavy atom. The number of aliphatic hydroxyl groups excluding tert-OH is 1. The minimum Gasteiger partial charge on any atom is -0.393 e. The van der Waals surface area contributed by atoms with E-state index >= 15 is 0 Å². The van der Waals surface area contributed by atoms with Crippen molar-refractivity contribution in [2.24, 2.45) is 17.3 Å². The summed E-state index contributed by atoms with van der Waals surface area (Å²) in [4.78, 5) is 0. The van der Waals surface area contributed by atoms with Crippen LogP contribution < -0.4 is 0 Å². The fourth-order valence-electron chi connectivity index (χ4n) is 5.57. The van der Waals surface area contributed by atoms with Gasteiger partial charge in [-0.1, -0.05) is 61.4 Å². The molecule has 0 aromatic heterocycles. The molecule has 29 heavy (non-hydrogen) atoms. The summed E-state index contributed by atoms with van der Waals surface area (Å²) < 4.78 is 22.8. The van der Waals surface area contributed by atoms with E-state index in [-0.39, 0.29) is 11.5 Å². The number of hydrogen-bond acceptors (Lipinski definition) is 3. The molecule has 3 nitrogen and oxygen atoms in total. The topological polar surface area (TPSA) is 54.4 Å². The summed E-state index contributed by atoms with van der Waals surface area (Å²) in [5.74, 6) is 0.889. The predicted octanol–water partition coefficient (Wildman–Crippen LogP) is 5.66. The van der Waals surface area contributed by atoms with E-state index in [0.717, 1.165) is 38.5 Å². The van der Waals surface area contributed by atoms with Crippen LogP contribution in [-0.4, -0.2) is 25.9 Å². The van der Waals surface area contributed by atoms with Gasteiger partial charge in [0.25, 0.3) is 0 Å². The summed E-state index contributed by atoms with van der Waals surface area (Å²) in [7, 11) is -3.06. The lowest BCUT2D eigenvalue weighted by molar-refractivity contribution is 0.158. The molecule has 0 heterocycles. The quantitative estimate of drug-likeness (QED) is 0.588. The zero-order valence-electron chi connectivity index (χ0n) is 18.2. The van der Waals surface area contributed by atoms with Crippen LogP contribution in [0.5, 0.6) is 0 Å². The van der Waals surface area contributed by atoms with Gasteiger partial charge in [-0.25, -0.2) is 8.42 Å². The maximum absolute atomic E-state index is 11.4. The first-order valence-corrected chi connectivity index (χ1v) is 12.9. The molecule has 0 saturated heterocycles. The van der Waals surface area contributed by atoms with Crippen LogP contribution in [0.25, 0.3) is 0 Å². The summed E-state index contributed by atoms with van der Waals surface area (Å²) in [6, 6.07) is 0. The van der Waals surface area contributed by atoms with Gasteiger partial charge in [-0.15, -0.1) is 0 Å². The van der Waals surface area contributed by atoms with Crippen LogP contribution in [0.2, 0.25) is 0 Å². The average Bonchev–Trinajstić information content (AvgIpc) is 2.99. The highest BCUT2D eigenvalue weighted by atomic mass is 32.2. The van der Waals surface area contributed by atoms with Gasteiger partial charge in [-0.05, 0) is 74.2 Å². The van der Waals surface area contributed by atoms with E-state index in [2.05, 4.69) is 38.7 Å². The molecule has 4 atom stereocenters. The number of rotatable bonds is 5. The van der Waals surface area contributed by atoms with Crippen molar-refractivity contribution in [1.82, 2.24) is 0 Å². The summed E-state index contributed by atoms with van der Waals surface area (Å²) in [6.45, 7) is 8.81. The van der Waals surface area contributed by atoms with Crippen molar-refractivity contribution >= 4 is 9.84 Å². The van der Waals surface area contributed by atoms with Crippen molar-refractivity contribution in [3.05, 3.63) is 58.6 Å². The third-order valence-corrected chi connectivity index (χ3v) is 7.85. The van der Waals surface area contributed by atoms with Gasteiger partial charge in [-0.3, -0.25) is 0 Å². The van der Waals surface area contributed by atoms with Gasteiger partial charge in [0.15, 0.2) is 9.84 Å². The Kier molecular flexibility index (Phi) is 6.74. The van der Waals surface area contributed by atoms with Gasteiger partial charge < -0.3 is 5.11 Å². The zero-order chi connectivity index (χ0) is 21.2. The molecule has 1 N–H and O–H groups in total. The SMILES string of the molecule is C=C1CC[C@H](O)C/C1=C/C=C1\CCC[C@]2(C)C(C(C)C/C=C/S(C)(=O)=O)=CC[C@@H]12. The molecule has 0 amide bonds. The van der Waals surface area contributed by atoms with E-state index in [1.54, 1.807) is 0 Å². The highest BCUT2D eigenvalue weighted by Gasteiger charge is 2.45. The van der Waals surface area contributed by atoms with Crippen LogP contribution in [0.3, 0.4) is 0 Å². The van der Waals surface area contributed by atoms with Gasteiger partial charge in [0.1, 0.15) is 0 Å². The fourth-order valence-corrected chi connectivity index (χ4v) is 6.03. The molecule has 0 aromatic carbocycles. The Hall–Kier alpha value is -1.39. The summed E-state index contributed by atoms with van der Waals surface area (Å²) in [6.07, 6.45) is 17.6. The van der Waals surface area contributed by atoms with Gasteiger partial charge in [-0.2, -0.15) is 0 Å². The van der Waals surface area contributed by atoms with Gasteiger partial charge in [0.2, 0.25) is 0 Å². The van der Waals surface area contributed by atoms with Crippen molar-refractivity contribution < 1.29 is 13.5 Å². The second-order valence-electron chi connectivity index (χ2n) is 9.49. The largest absolute Gasteiger partial charge is 0.393 e. The van der Waals surface area contributed by atoms with E-state index < -0.39 is 9.84 Å². The second-order valence-corrected chi connectivity index (χ2v) is 11.4. The maximum Gasteiger partial charge on any atom is 0.168 e. The minimum atomic E-state index is -3.06. The van der Waals surface area contributed by atoms with Crippen molar-refractivity contribution in [2.45, 2.75) is 71.3 Å². The second kappa shape index (κ2) is 8.77. The van der Waals surface area contributed by atoms with E-state index in [4.69, 9.17) is 0 Å². The average molecular weight is 417 g/mol. The summed E-state index contributed by atoms with van der Waals surface area (Å²) >= 11 is 0. The van der Waals surface area contributed by atoms with Crippen molar-refractivity contribution in [3.8, 4) is 0 Å². The molecule has 4 heteroatoms. The summed E-state index contributed by atoms with van der Waals surface area (Å²) in [5.41, 5.74) is 5.56. The Morgan fingerprint density at radius 3 is 2.83 bits per heavy atom. The van der Waals surface area contributed by atoms with E-state index in [9.17, 15) is 13.5 Å². The Labute approximate surface area is 176 Å². The first kappa shape index (κ1) is 22.3. The van der Waals surface area contributed by atoms with Crippen molar-refractivity contribution in [3.63, 3.8) is 0 Å². The zero-order valence-corrected chi connectivity index (χ0v) is 19.0. The maximum atomic E-state index is 11.4. The first-order chi connectivity index (χ1) is 13.6. The molecule has 1 unspecified atom stereocenters. The molecule has 160 valence electrons. The number of aliphatic hydroxyl groups is 1. The Bertz CT molecular complexity index is 872. The Balaban J connectivity index is 1.75. The highest BCUT2D eigenvalue weighted by Crippen LogP contribution is 2.56. The van der Waals surface area contributed by atoms with E-state index in [1.807, 2.05) is 6.08 Å². The number of hydrogen-bond donors (Lipinski definition) is 1. The van der Waals surface area contributed by atoms with Crippen LogP contribution in [0.1, 0.15) is 65.2 Å². The highest BCUT2D eigenvalue weighted by molar-refractivity contribution is 7.93. The van der Waals surface area contributed by atoms with E-state index in [1.165, 1.54) is 46.8 Å². The fraction of sp³-hybridized carbons (Fsp3) is 0.600. The number of sulfone groups is 1. The van der Waals surface area contributed by atoms with Crippen LogP contribution in [0.4, 0.5) is 0 Å². The lowest BCUT2D eigenvalue weighted by Gasteiger charge is -2.42. The molecule has 0 spiro atoms. The minimum absolute atomic E-state index is 0.171. The van der Waals surface area contributed by atoms with Gasteiger partial charge >= 0.3 is 0 Å². The molecule has 3 aliphatic carbocycles. The van der Waals surface area contributed by atoms with Crippen LogP contribution in [-0.2, 0) is 9.84 Å². The van der Waals surface area contributed by atoms with Crippen molar-refractivity contribution in [1.29, 1.82) is 0 Å². The third-order valence-electron chi connectivity index (χ3n) is 7.16. The van der Waals surface area contributed by atoms with Crippen LogP contribution >= 0.6 is 0 Å². The molecule has 0 radical (unpaired) electrons. The van der Waals surface area contributed by atoms with Gasteiger partial charge in [0.05, 0.1) is 6.10 Å². The molecule has 0 aliphatic heterocycles. The smallest absolute Gasteiger partial charge is 0.168 e. The lowest BCUT2D eigenvalue weighted by Crippen LogP contribution is -2.32. The summed E-state index contributed by atoms with van der Waals surface area (Å²) in [5, 5.41) is 11.3. The molecule has 2 saturated carbocycles. The monoisotopic (exact) mass is 416 g/mol. The predicted molar refractivity (Wildman–Crippen MR) is 121 cm³/mol. The lowest BCUT2D eigenvalue weighted by atomic mass is 9.62. The van der Waals surface area contributed by atoms with Crippen LogP contribution in [0.15, 0.2) is 58.6 Å². The number of fused-ring (bicyclic) bond motifs is 1.